The van der Waals surface area contributed by atoms with Crippen molar-refractivity contribution in [2.24, 2.45) is 0 Å². The van der Waals surface area contributed by atoms with Crippen molar-refractivity contribution in [3.8, 4) is 0 Å². The first-order chi connectivity index (χ1) is 9.84. The van der Waals surface area contributed by atoms with Gasteiger partial charge in [-0.3, -0.25) is 0 Å². The second-order valence-corrected chi connectivity index (χ2v) is 5.13. The Morgan fingerprint density at radius 2 is 1.81 bits per heavy atom. The molecule has 0 spiro atoms. The van der Waals surface area contributed by atoms with Crippen LogP contribution in [0.3, 0.4) is 0 Å². The minimum absolute atomic E-state index is 0.229. The smallest absolute Gasteiger partial charge is 0.358 e. The number of hydrogen-bond acceptors (Lipinski definition) is 4. The summed E-state index contributed by atoms with van der Waals surface area (Å²) in [5, 5.41) is 25.8. The lowest BCUT2D eigenvalue weighted by atomic mass is 10.0. The fourth-order valence-corrected chi connectivity index (χ4v) is 1.96. The highest BCUT2D eigenvalue weighted by Gasteiger charge is 2.35. The normalized spacial score (nSPS) is 11.3. The summed E-state index contributed by atoms with van der Waals surface area (Å²) in [6.45, 7) is 2.90. The van der Waals surface area contributed by atoms with Gasteiger partial charge in [0, 0.05) is 6.42 Å². The van der Waals surface area contributed by atoms with E-state index in [1.165, 1.54) is 13.8 Å². The molecule has 0 saturated carbocycles. The van der Waals surface area contributed by atoms with Gasteiger partial charge >= 0.3 is 11.9 Å². The lowest BCUT2D eigenvalue weighted by Crippen LogP contribution is -2.38. The molecule has 2 N–H and O–H groups in total. The molecule has 0 aliphatic heterocycles. The maximum absolute atomic E-state index is 11.4. The van der Waals surface area contributed by atoms with Crippen LogP contribution in [-0.2, 0) is 16.8 Å². The average Bonchev–Trinajstić information content (AvgIpc) is 2.84. The summed E-state index contributed by atoms with van der Waals surface area (Å²) >= 11 is 0. The number of carbonyl (C=O) groups is 2. The molecular weight excluding hydrogens is 274 g/mol. The van der Waals surface area contributed by atoms with Gasteiger partial charge in [0.2, 0.25) is 0 Å². The second-order valence-electron chi connectivity index (χ2n) is 5.13. The molecular formula is C14H15N3O4. The Bertz CT molecular complexity index is 677. The molecule has 0 saturated heterocycles. The minimum atomic E-state index is -1.38. The van der Waals surface area contributed by atoms with Crippen LogP contribution in [0.15, 0.2) is 30.3 Å². The molecule has 0 bridgehead atoms. The van der Waals surface area contributed by atoms with Crippen LogP contribution in [-0.4, -0.2) is 37.1 Å². The number of aromatic carboxylic acids is 1. The Labute approximate surface area is 120 Å². The lowest BCUT2D eigenvalue weighted by molar-refractivity contribution is -0.146. The summed E-state index contributed by atoms with van der Waals surface area (Å²) in [6.07, 6.45) is 0.242. The summed E-state index contributed by atoms with van der Waals surface area (Å²) < 4.78 is 1.16. The van der Waals surface area contributed by atoms with Crippen molar-refractivity contribution in [2.45, 2.75) is 25.8 Å². The van der Waals surface area contributed by atoms with E-state index in [4.69, 9.17) is 0 Å². The molecule has 2 rings (SSSR count). The Balaban J connectivity index is 2.53. The van der Waals surface area contributed by atoms with Gasteiger partial charge in [-0.1, -0.05) is 35.5 Å². The van der Waals surface area contributed by atoms with Gasteiger partial charge in [0.15, 0.2) is 11.2 Å². The van der Waals surface area contributed by atoms with Gasteiger partial charge in [0.25, 0.3) is 0 Å². The summed E-state index contributed by atoms with van der Waals surface area (Å²) in [5.74, 6) is -2.34. The number of nitrogens with zero attached hydrogens (tertiary/aromatic N) is 3. The molecule has 0 aliphatic rings. The summed E-state index contributed by atoms with van der Waals surface area (Å²) in [7, 11) is 0. The van der Waals surface area contributed by atoms with Crippen molar-refractivity contribution in [1.29, 1.82) is 0 Å². The van der Waals surface area contributed by atoms with Crippen LogP contribution in [0.5, 0.6) is 0 Å². The average molecular weight is 289 g/mol. The zero-order valence-electron chi connectivity index (χ0n) is 11.6. The fourth-order valence-electron chi connectivity index (χ4n) is 1.96. The molecule has 0 atom stereocenters. The Morgan fingerprint density at radius 3 is 2.33 bits per heavy atom. The monoisotopic (exact) mass is 289 g/mol. The highest BCUT2D eigenvalue weighted by Crippen LogP contribution is 2.21. The first kappa shape index (κ1) is 14.7. The quantitative estimate of drug-likeness (QED) is 0.861. The molecule has 21 heavy (non-hydrogen) atoms. The number of carboxylic acid groups (broad SMARTS) is 2. The Morgan fingerprint density at radius 1 is 1.19 bits per heavy atom. The van der Waals surface area contributed by atoms with E-state index in [1.807, 2.05) is 30.3 Å². The highest BCUT2D eigenvalue weighted by atomic mass is 16.4. The van der Waals surface area contributed by atoms with Gasteiger partial charge in [0.1, 0.15) is 0 Å². The van der Waals surface area contributed by atoms with Crippen molar-refractivity contribution in [3.05, 3.63) is 47.3 Å². The molecule has 2 aromatic rings. The fraction of sp³-hybridized carbons (Fsp3) is 0.286. The van der Waals surface area contributed by atoms with E-state index < -0.39 is 17.5 Å². The highest BCUT2D eigenvalue weighted by molar-refractivity contribution is 5.87. The van der Waals surface area contributed by atoms with Gasteiger partial charge in [-0.15, -0.1) is 5.10 Å². The first-order valence-electron chi connectivity index (χ1n) is 6.29. The molecule has 1 aromatic carbocycles. The van der Waals surface area contributed by atoms with E-state index in [2.05, 4.69) is 10.3 Å². The number of carboxylic acids is 2. The van der Waals surface area contributed by atoms with E-state index in [-0.39, 0.29) is 17.8 Å². The maximum atomic E-state index is 11.4. The van der Waals surface area contributed by atoms with Crippen molar-refractivity contribution in [1.82, 2.24) is 15.0 Å². The van der Waals surface area contributed by atoms with E-state index in [1.54, 1.807) is 0 Å². The Kier molecular flexibility index (Phi) is 3.75. The lowest BCUT2D eigenvalue weighted by Gasteiger charge is -2.21. The third kappa shape index (κ3) is 2.76. The van der Waals surface area contributed by atoms with Crippen LogP contribution < -0.4 is 0 Å². The number of aromatic nitrogens is 3. The van der Waals surface area contributed by atoms with Crippen molar-refractivity contribution >= 4 is 11.9 Å². The van der Waals surface area contributed by atoms with Crippen LogP contribution in [0.4, 0.5) is 0 Å². The van der Waals surface area contributed by atoms with Gasteiger partial charge < -0.3 is 10.2 Å². The summed E-state index contributed by atoms with van der Waals surface area (Å²) in [5.41, 5.74) is -0.496. The second kappa shape index (κ2) is 5.35. The topological polar surface area (TPSA) is 105 Å². The molecule has 1 aromatic heterocycles. The van der Waals surface area contributed by atoms with Crippen LogP contribution in [0.25, 0.3) is 0 Å². The summed E-state index contributed by atoms with van der Waals surface area (Å²) in [6, 6.07) is 9.16. The van der Waals surface area contributed by atoms with Gasteiger partial charge in [-0.05, 0) is 19.4 Å². The largest absolute Gasteiger partial charge is 0.479 e. The number of hydrogen-bond donors (Lipinski definition) is 2. The van der Waals surface area contributed by atoms with Gasteiger partial charge in [-0.25, -0.2) is 14.3 Å². The number of rotatable bonds is 5. The molecule has 7 nitrogen and oxygen atoms in total. The SMILES string of the molecule is CC(C)(C(=O)O)n1nnc(C(=O)O)c1Cc1ccccc1. The van der Waals surface area contributed by atoms with Crippen LogP contribution in [0, 0.1) is 0 Å². The zero-order valence-corrected chi connectivity index (χ0v) is 11.6. The van der Waals surface area contributed by atoms with Crippen molar-refractivity contribution < 1.29 is 19.8 Å². The molecule has 1 heterocycles. The molecule has 0 amide bonds. The predicted molar refractivity (Wildman–Crippen MR) is 73.2 cm³/mol. The number of aliphatic carboxylic acids is 1. The Hall–Kier alpha value is -2.70. The number of benzene rings is 1. The van der Waals surface area contributed by atoms with E-state index in [9.17, 15) is 19.8 Å². The van der Waals surface area contributed by atoms with E-state index >= 15 is 0 Å². The van der Waals surface area contributed by atoms with E-state index in [0.29, 0.717) is 0 Å². The summed E-state index contributed by atoms with van der Waals surface area (Å²) in [4.78, 5) is 22.6. The van der Waals surface area contributed by atoms with Gasteiger partial charge in [-0.2, -0.15) is 0 Å². The first-order valence-corrected chi connectivity index (χ1v) is 6.29. The predicted octanol–water partition coefficient (Wildman–Crippen LogP) is 1.39. The van der Waals surface area contributed by atoms with Gasteiger partial charge in [0.05, 0.1) is 5.69 Å². The molecule has 110 valence electrons. The van der Waals surface area contributed by atoms with Crippen molar-refractivity contribution in [2.75, 3.05) is 0 Å². The third-order valence-electron chi connectivity index (χ3n) is 3.23. The van der Waals surface area contributed by atoms with Crippen LogP contribution in [0.1, 0.15) is 35.6 Å². The standard InChI is InChI=1S/C14H15N3O4/c1-14(2,13(20)21)17-10(11(12(18)19)15-16-17)8-9-6-4-3-5-7-9/h3-7H,8H2,1-2H3,(H,18,19)(H,20,21). The molecule has 0 unspecified atom stereocenters. The van der Waals surface area contributed by atoms with Crippen LogP contribution in [0.2, 0.25) is 0 Å². The van der Waals surface area contributed by atoms with Crippen LogP contribution >= 0.6 is 0 Å². The molecule has 0 aliphatic carbocycles. The maximum Gasteiger partial charge on any atom is 0.358 e. The molecule has 0 fully saturated rings. The van der Waals surface area contributed by atoms with E-state index in [0.717, 1.165) is 10.2 Å². The molecule has 0 radical (unpaired) electrons. The van der Waals surface area contributed by atoms with Crippen molar-refractivity contribution in [3.63, 3.8) is 0 Å². The minimum Gasteiger partial charge on any atom is -0.479 e. The third-order valence-corrected chi connectivity index (χ3v) is 3.23. The molecule has 7 heteroatoms. The zero-order chi connectivity index (χ0) is 15.6.